The summed E-state index contributed by atoms with van der Waals surface area (Å²) in [6.07, 6.45) is 0. The Morgan fingerprint density at radius 1 is 1.11 bits per heavy atom. The van der Waals surface area contributed by atoms with Gasteiger partial charge >= 0.3 is 0 Å². The van der Waals surface area contributed by atoms with Crippen LogP contribution in [0.3, 0.4) is 0 Å². The maximum atomic E-state index is 13.5. The van der Waals surface area contributed by atoms with E-state index in [0.717, 1.165) is 10.0 Å². The number of alkyl halides is 1. The van der Waals surface area contributed by atoms with Crippen molar-refractivity contribution in [2.24, 2.45) is 0 Å². The van der Waals surface area contributed by atoms with Gasteiger partial charge in [0.15, 0.2) is 11.6 Å². The second kappa shape index (κ2) is 5.91. The molecule has 0 atom stereocenters. The van der Waals surface area contributed by atoms with Crippen molar-refractivity contribution >= 4 is 39.1 Å². The van der Waals surface area contributed by atoms with Gasteiger partial charge in [0.2, 0.25) is 0 Å². The molecule has 0 heterocycles. The van der Waals surface area contributed by atoms with Crippen molar-refractivity contribution < 1.29 is 9.13 Å². The lowest BCUT2D eigenvalue weighted by Crippen LogP contribution is -1.90. The molecule has 0 fully saturated rings. The predicted octanol–water partition coefficient (Wildman–Crippen LogP) is 5.77. The van der Waals surface area contributed by atoms with E-state index < -0.39 is 5.82 Å². The van der Waals surface area contributed by atoms with E-state index in [1.807, 2.05) is 0 Å². The number of hydrogen-bond acceptors (Lipinski definition) is 1. The molecule has 2 aromatic rings. The summed E-state index contributed by atoms with van der Waals surface area (Å²) < 4.78 is 19.7. The van der Waals surface area contributed by atoms with E-state index in [0.29, 0.717) is 16.7 Å². The average Bonchev–Trinajstić information content (AvgIpc) is 2.36. The van der Waals surface area contributed by atoms with Crippen LogP contribution in [0.2, 0.25) is 5.02 Å². The van der Waals surface area contributed by atoms with Gasteiger partial charge in [-0.3, -0.25) is 0 Å². The Kier molecular flexibility index (Phi) is 4.49. The summed E-state index contributed by atoms with van der Waals surface area (Å²) in [5, 5.41) is 0.396. The molecule has 0 radical (unpaired) electrons. The molecule has 0 aliphatic heterocycles. The molecule has 18 heavy (non-hydrogen) atoms. The molecule has 0 aliphatic carbocycles. The number of ether oxygens (including phenoxy) is 1. The first kappa shape index (κ1) is 13.7. The van der Waals surface area contributed by atoms with Gasteiger partial charge in [0, 0.05) is 10.4 Å². The minimum Gasteiger partial charge on any atom is -0.453 e. The van der Waals surface area contributed by atoms with Crippen LogP contribution in [0.4, 0.5) is 4.39 Å². The predicted molar refractivity (Wildman–Crippen MR) is 75.2 cm³/mol. The van der Waals surface area contributed by atoms with Crippen molar-refractivity contribution in [3.05, 3.63) is 57.3 Å². The monoisotopic (exact) mass is 348 g/mol. The van der Waals surface area contributed by atoms with Crippen molar-refractivity contribution in [3.8, 4) is 11.5 Å². The van der Waals surface area contributed by atoms with Crippen LogP contribution in [-0.2, 0) is 5.88 Å². The smallest absolute Gasteiger partial charge is 0.165 e. The Morgan fingerprint density at radius 2 is 1.89 bits per heavy atom. The van der Waals surface area contributed by atoms with Crippen LogP contribution >= 0.6 is 39.1 Å². The van der Waals surface area contributed by atoms with Crippen LogP contribution in [0, 0.1) is 5.82 Å². The van der Waals surface area contributed by atoms with Gasteiger partial charge in [0.25, 0.3) is 0 Å². The fraction of sp³-hybridized carbons (Fsp3) is 0.0769. The molecule has 0 saturated heterocycles. The highest BCUT2D eigenvalue weighted by Gasteiger charge is 2.08. The summed E-state index contributed by atoms with van der Waals surface area (Å²) in [7, 11) is 0. The maximum absolute atomic E-state index is 13.5. The molecule has 0 saturated carbocycles. The molecule has 1 nitrogen and oxygen atoms in total. The largest absolute Gasteiger partial charge is 0.453 e. The lowest BCUT2D eigenvalue weighted by Gasteiger charge is -2.09. The number of hydrogen-bond donors (Lipinski definition) is 0. The molecular formula is C13H8BrCl2FO. The lowest BCUT2D eigenvalue weighted by atomic mass is 10.2. The summed E-state index contributed by atoms with van der Waals surface area (Å²) in [6, 6.07) is 9.60. The Hall–Kier alpha value is -0.770. The third kappa shape index (κ3) is 3.16. The molecule has 0 aliphatic rings. The zero-order valence-corrected chi connectivity index (χ0v) is 12.2. The van der Waals surface area contributed by atoms with Crippen molar-refractivity contribution in [2.75, 3.05) is 0 Å². The fourth-order valence-corrected chi connectivity index (χ4v) is 2.13. The van der Waals surface area contributed by atoms with Crippen LogP contribution in [0.25, 0.3) is 0 Å². The topological polar surface area (TPSA) is 9.23 Å². The summed E-state index contributed by atoms with van der Waals surface area (Å²) in [6.45, 7) is 0. The normalized spacial score (nSPS) is 10.4. The van der Waals surface area contributed by atoms with Gasteiger partial charge in [-0.2, -0.15) is 0 Å². The zero-order chi connectivity index (χ0) is 13.1. The minimum atomic E-state index is -0.448. The third-order valence-corrected chi connectivity index (χ3v) is 3.36. The van der Waals surface area contributed by atoms with Gasteiger partial charge in [-0.05, 0) is 35.9 Å². The summed E-state index contributed by atoms with van der Waals surface area (Å²) in [4.78, 5) is 0. The van der Waals surface area contributed by atoms with Gasteiger partial charge in [0.05, 0.1) is 5.02 Å². The minimum absolute atomic E-state index is 0.116. The Morgan fingerprint density at radius 3 is 2.56 bits per heavy atom. The van der Waals surface area contributed by atoms with E-state index in [1.165, 1.54) is 6.07 Å². The van der Waals surface area contributed by atoms with Crippen LogP contribution in [0.5, 0.6) is 11.5 Å². The summed E-state index contributed by atoms with van der Waals surface area (Å²) in [5.74, 6) is 0.425. The first-order valence-electron chi connectivity index (χ1n) is 5.07. The lowest BCUT2D eigenvalue weighted by molar-refractivity contribution is 0.442. The van der Waals surface area contributed by atoms with Crippen LogP contribution in [0.1, 0.15) is 5.56 Å². The SMILES string of the molecule is Fc1ccc(Br)cc1Oc1ccc(CCl)cc1Cl. The van der Waals surface area contributed by atoms with Gasteiger partial charge in [-0.25, -0.2) is 4.39 Å². The Labute approximate surface area is 123 Å². The molecule has 2 rings (SSSR count). The van der Waals surface area contributed by atoms with Crippen LogP contribution in [0.15, 0.2) is 40.9 Å². The van der Waals surface area contributed by atoms with Crippen LogP contribution in [-0.4, -0.2) is 0 Å². The van der Waals surface area contributed by atoms with Crippen molar-refractivity contribution in [1.29, 1.82) is 0 Å². The van der Waals surface area contributed by atoms with Crippen LogP contribution < -0.4 is 4.74 Å². The van der Waals surface area contributed by atoms with E-state index in [-0.39, 0.29) is 5.75 Å². The number of benzene rings is 2. The van der Waals surface area contributed by atoms with Crippen molar-refractivity contribution in [3.63, 3.8) is 0 Å². The Balaban J connectivity index is 2.31. The van der Waals surface area contributed by atoms with Crippen molar-refractivity contribution in [2.45, 2.75) is 5.88 Å². The standard InChI is InChI=1S/C13H8BrCl2FO/c14-9-2-3-11(17)13(6-9)18-12-4-1-8(7-15)5-10(12)16/h1-6H,7H2. The zero-order valence-electron chi connectivity index (χ0n) is 9.09. The average molecular weight is 350 g/mol. The first-order valence-corrected chi connectivity index (χ1v) is 6.78. The number of rotatable bonds is 3. The molecule has 94 valence electrons. The molecular weight excluding hydrogens is 342 g/mol. The Bertz CT molecular complexity index is 575. The maximum Gasteiger partial charge on any atom is 0.165 e. The first-order chi connectivity index (χ1) is 8.60. The highest BCUT2D eigenvalue weighted by Crippen LogP contribution is 2.33. The van der Waals surface area contributed by atoms with Gasteiger partial charge in [-0.15, -0.1) is 11.6 Å². The molecule has 5 heteroatoms. The van der Waals surface area contributed by atoms with Gasteiger partial charge < -0.3 is 4.74 Å². The third-order valence-electron chi connectivity index (χ3n) is 2.26. The van der Waals surface area contributed by atoms with E-state index in [4.69, 9.17) is 27.9 Å². The molecule has 0 unspecified atom stereocenters. The van der Waals surface area contributed by atoms with Gasteiger partial charge in [-0.1, -0.05) is 33.6 Å². The quantitative estimate of drug-likeness (QED) is 0.639. The molecule has 0 amide bonds. The van der Waals surface area contributed by atoms with E-state index in [2.05, 4.69) is 15.9 Å². The van der Waals surface area contributed by atoms with E-state index in [1.54, 1.807) is 30.3 Å². The van der Waals surface area contributed by atoms with E-state index in [9.17, 15) is 4.39 Å². The van der Waals surface area contributed by atoms with Crippen molar-refractivity contribution in [1.82, 2.24) is 0 Å². The fourth-order valence-electron chi connectivity index (χ4n) is 1.38. The molecule has 2 aromatic carbocycles. The second-order valence-electron chi connectivity index (χ2n) is 3.58. The second-order valence-corrected chi connectivity index (χ2v) is 5.17. The molecule has 0 N–H and O–H groups in total. The highest BCUT2D eigenvalue weighted by atomic mass is 79.9. The number of halogens is 4. The molecule has 0 aromatic heterocycles. The highest BCUT2D eigenvalue weighted by molar-refractivity contribution is 9.10. The van der Waals surface area contributed by atoms with Gasteiger partial charge in [0.1, 0.15) is 5.75 Å². The molecule has 0 bridgehead atoms. The molecule has 0 spiro atoms. The summed E-state index contributed by atoms with van der Waals surface area (Å²) in [5.41, 5.74) is 0.878. The van der Waals surface area contributed by atoms with E-state index >= 15 is 0 Å². The summed E-state index contributed by atoms with van der Waals surface area (Å²) >= 11 is 15.0.